The van der Waals surface area contributed by atoms with Crippen molar-refractivity contribution in [2.45, 2.75) is 25.7 Å². The molecule has 3 heterocycles. The van der Waals surface area contributed by atoms with E-state index in [2.05, 4.69) is 15.3 Å². The zero-order valence-electron chi connectivity index (χ0n) is 13.2. The molecule has 2 aromatic rings. The van der Waals surface area contributed by atoms with Gasteiger partial charge < -0.3 is 10.6 Å². The number of amides is 2. The standard InChI is InChI=1S/C15H20N6O2/c1-9-11(8-20(2)19-9)15(23)21-5-3-4-10(7-21)12-6-13(14(16)22)18-17-12/h6,8,10H,3-5,7H2,1-2H3,(H2,16,22)(H,17,18)/t10-/m0/s1. The van der Waals surface area contributed by atoms with Crippen LogP contribution in [0.5, 0.6) is 0 Å². The Labute approximate surface area is 133 Å². The minimum atomic E-state index is -0.553. The van der Waals surface area contributed by atoms with E-state index in [4.69, 9.17) is 5.73 Å². The molecular formula is C15H20N6O2. The van der Waals surface area contributed by atoms with Crippen molar-refractivity contribution in [3.05, 3.63) is 34.9 Å². The van der Waals surface area contributed by atoms with Crippen LogP contribution in [0.1, 0.15) is 51.0 Å². The summed E-state index contributed by atoms with van der Waals surface area (Å²) in [4.78, 5) is 25.7. The van der Waals surface area contributed by atoms with Gasteiger partial charge in [0.1, 0.15) is 5.69 Å². The molecule has 0 unspecified atom stereocenters. The molecule has 0 radical (unpaired) electrons. The first-order valence-electron chi connectivity index (χ1n) is 7.60. The van der Waals surface area contributed by atoms with Crippen LogP contribution in [0.15, 0.2) is 12.3 Å². The number of hydrogen-bond acceptors (Lipinski definition) is 4. The van der Waals surface area contributed by atoms with Crippen LogP contribution in [-0.2, 0) is 7.05 Å². The minimum Gasteiger partial charge on any atom is -0.364 e. The van der Waals surface area contributed by atoms with Gasteiger partial charge in [0, 0.05) is 37.9 Å². The molecule has 1 atom stereocenters. The van der Waals surface area contributed by atoms with Crippen molar-refractivity contribution < 1.29 is 9.59 Å². The number of rotatable bonds is 3. The number of nitrogens with two attached hydrogens (primary N) is 1. The largest absolute Gasteiger partial charge is 0.364 e. The average molecular weight is 316 g/mol. The van der Waals surface area contributed by atoms with Crippen molar-refractivity contribution >= 4 is 11.8 Å². The topological polar surface area (TPSA) is 110 Å². The molecule has 0 bridgehead atoms. The highest BCUT2D eigenvalue weighted by molar-refractivity contribution is 5.95. The van der Waals surface area contributed by atoms with Gasteiger partial charge in [-0.05, 0) is 25.8 Å². The number of piperidine rings is 1. The fourth-order valence-corrected chi connectivity index (χ4v) is 3.07. The van der Waals surface area contributed by atoms with E-state index in [0.717, 1.165) is 30.8 Å². The van der Waals surface area contributed by atoms with Crippen LogP contribution in [-0.4, -0.2) is 49.8 Å². The Bertz CT molecular complexity index is 747. The molecule has 2 amide bonds. The highest BCUT2D eigenvalue weighted by atomic mass is 16.2. The summed E-state index contributed by atoms with van der Waals surface area (Å²) in [6, 6.07) is 1.68. The normalized spacial score (nSPS) is 18.2. The fourth-order valence-electron chi connectivity index (χ4n) is 3.07. The number of hydrogen-bond donors (Lipinski definition) is 2. The predicted octanol–water partition coefficient (Wildman–Crippen LogP) is 0.570. The first-order chi connectivity index (χ1) is 11.0. The molecule has 1 fully saturated rings. The Morgan fingerprint density at radius 1 is 1.43 bits per heavy atom. The first-order valence-corrected chi connectivity index (χ1v) is 7.60. The Hall–Kier alpha value is -2.64. The number of likely N-dealkylation sites (tertiary alicyclic amines) is 1. The lowest BCUT2D eigenvalue weighted by atomic mass is 9.94. The second kappa shape index (κ2) is 5.86. The maximum Gasteiger partial charge on any atom is 0.269 e. The molecule has 1 saturated heterocycles. The Kier molecular flexibility index (Phi) is 3.89. The summed E-state index contributed by atoms with van der Waals surface area (Å²) in [5.41, 5.74) is 7.67. The van der Waals surface area contributed by atoms with Gasteiger partial charge in [0.15, 0.2) is 0 Å². The van der Waals surface area contributed by atoms with Gasteiger partial charge >= 0.3 is 0 Å². The van der Waals surface area contributed by atoms with Crippen LogP contribution in [0.25, 0.3) is 0 Å². The summed E-state index contributed by atoms with van der Waals surface area (Å²) in [6.07, 6.45) is 3.60. The molecule has 2 aromatic heterocycles. The van der Waals surface area contributed by atoms with E-state index in [1.807, 2.05) is 11.8 Å². The van der Waals surface area contributed by atoms with Crippen LogP contribution in [0, 0.1) is 6.92 Å². The summed E-state index contributed by atoms with van der Waals surface area (Å²) in [7, 11) is 1.80. The SMILES string of the molecule is Cc1nn(C)cc1C(=O)N1CCC[C@H](c2cc(C(N)=O)n[nH]2)C1. The van der Waals surface area contributed by atoms with Gasteiger partial charge in [0.25, 0.3) is 11.8 Å². The third-order valence-corrected chi connectivity index (χ3v) is 4.24. The molecule has 0 aromatic carbocycles. The number of carbonyl (C=O) groups is 2. The Balaban J connectivity index is 1.76. The van der Waals surface area contributed by atoms with E-state index in [9.17, 15) is 9.59 Å². The molecule has 1 aliphatic heterocycles. The molecule has 0 spiro atoms. The van der Waals surface area contributed by atoms with E-state index in [0.29, 0.717) is 12.1 Å². The lowest BCUT2D eigenvalue weighted by Crippen LogP contribution is -2.39. The molecule has 0 saturated carbocycles. The quantitative estimate of drug-likeness (QED) is 0.862. The van der Waals surface area contributed by atoms with E-state index < -0.39 is 5.91 Å². The molecule has 23 heavy (non-hydrogen) atoms. The molecule has 8 nitrogen and oxygen atoms in total. The summed E-state index contributed by atoms with van der Waals surface area (Å²) >= 11 is 0. The average Bonchev–Trinajstić information content (AvgIpc) is 3.13. The van der Waals surface area contributed by atoms with Crippen LogP contribution < -0.4 is 5.73 Å². The number of nitrogens with zero attached hydrogens (tertiary/aromatic N) is 4. The van der Waals surface area contributed by atoms with Crippen LogP contribution in [0.3, 0.4) is 0 Å². The second-order valence-electron chi connectivity index (χ2n) is 5.96. The Morgan fingerprint density at radius 3 is 2.83 bits per heavy atom. The second-order valence-corrected chi connectivity index (χ2v) is 5.96. The third kappa shape index (κ3) is 2.96. The molecule has 8 heteroatoms. The van der Waals surface area contributed by atoms with Crippen molar-refractivity contribution in [2.75, 3.05) is 13.1 Å². The maximum atomic E-state index is 12.7. The molecular weight excluding hydrogens is 296 g/mol. The number of carbonyl (C=O) groups excluding carboxylic acids is 2. The summed E-state index contributed by atoms with van der Waals surface area (Å²) in [5.74, 6) is -0.428. The Morgan fingerprint density at radius 2 is 2.22 bits per heavy atom. The first kappa shape index (κ1) is 15.3. The van der Waals surface area contributed by atoms with Gasteiger partial charge in [-0.25, -0.2) is 0 Å². The van der Waals surface area contributed by atoms with E-state index in [1.54, 1.807) is 24.0 Å². The minimum absolute atomic E-state index is 0.00469. The molecule has 3 N–H and O–H groups in total. The number of primary amides is 1. The van der Waals surface area contributed by atoms with Gasteiger partial charge in [-0.3, -0.25) is 19.4 Å². The monoisotopic (exact) mass is 316 g/mol. The number of H-pyrrole nitrogens is 1. The smallest absolute Gasteiger partial charge is 0.269 e. The highest BCUT2D eigenvalue weighted by Crippen LogP contribution is 2.27. The van der Waals surface area contributed by atoms with Crippen LogP contribution >= 0.6 is 0 Å². The summed E-state index contributed by atoms with van der Waals surface area (Å²) in [6.45, 7) is 3.15. The van der Waals surface area contributed by atoms with Crippen LogP contribution in [0.2, 0.25) is 0 Å². The van der Waals surface area contributed by atoms with Crippen LogP contribution in [0.4, 0.5) is 0 Å². The molecule has 0 aliphatic carbocycles. The highest BCUT2D eigenvalue weighted by Gasteiger charge is 2.28. The van der Waals surface area contributed by atoms with E-state index in [-0.39, 0.29) is 17.5 Å². The van der Waals surface area contributed by atoms with Gasteiger partial charge in [-0.2, -0.15) is 10.2 Å². The lowest BCUT2D eigenvalue weighted by Gasteiger charge is -2.32. The number of aryl methyl sites for hydroxylation is 2. The number of aromatic amines is 1. The zero-order valence-corrected chi connectivity index (χ0v) is 13.2. The lowest BCUT2D eigenvalue weighted by molar-refractivity contribution is 0.0705. The predicted molar refractivity (Wildman–Crippen MR) is 82.9 cm³/mol. The van der Waals surface area contributed by atoms with Crippen molar-refractivity contribution in [3.63, 3.8) is 0 Å². The van der Waals surface area contributed by atoms with Crippen molar-refractivity contribution in [3.8, 4) is 0 Å². The van der Waals surface area contributed by atoms with Gasteiger partial charge in [-0.15, -0.1) is 0 Å². The summed E-state index contributed by atoms with van der Waals surface area (Å²) < 4.78 is 1.65. The van der Waals surface area contributed by atoms with Gasteiger partial charge in [0.2, 0.25) is 0 Å². The molecule has 122 valence electrons. The number of aromatic nitrogens is 4. The molecule has 3 rings (SSSR count). The van der Waals surface area contributed by atoms with E-state index in [1.165, 1.54) is 0 Å². The maximum absolute atomic E-state index is 12.7. The zero-order chi connectivity index (χ0) is 16.6. The van der Waals surface area contributed by atoms with E-state index >= 15 is 0 Å². The van der Waals surface area contributed by atoms with Crippen molar-refractivity contribution in [2.24, 2.45) is 12.8 Å². The third-order valence-electron chi connectivity index (χ3n) is 4.24. The fraction of sp³-hybridized carbons (Fsp3) is 0.467. The van der Waals surface area contributed by atoms with Crippen molar-refractivity contribution in [1.82, 2.24) is 24.9 Å². The number of nitrogens with one attached hydrogen (secondary N) is 1. The molecule has 1 aliphatic rings. The van der Waals surface area contributed by atoms with Gasteiger partial charge in [0.05, 0.1) is 11.3 Å². The summed E-state index contributed by atoms with van der Waals surface area (Å²) in [5, 5.41) is 11.0. The van der Waals surface area contributed by atoms with Crippen molar-refractivity contribution in [1.29, 1.82) is 0 Å². The van der Waals surface area contributed by atoms with Gasteiger partial charge in [-0.1, -0.05) is 0 Å².